The molecular formula is C9H21NOSn. The van der Waals surface area contributed by atoms with Gasteiger partial charge in [-0.25, -0.2) is 0 Å². The van der Waals surface area contributed by atoms with Gasteiger partial charge in [-0.3, -0.25) is 0 Å². The summed E-state index contributed by atoms with van der Waals surface area (Å²) in [6, 6.07) is 0.392. The maximum atomic E-state index is 6.01. The summed E-state index contributed by atoms with van der Waals surface area (Å²) in [5, 5.41) is 0. The number of hydrogen-bond acceptors (Lipinski definition) is 2. The summed E-state index contributed by atoms with van der Waals surface area (Å²) >= 11 is -0.627. The van der Waals surface area contributed by atoms with Crippen LogP contribution in [0.4, 0.5) is 0 Å². The first-order chi connectivity index (χ1) is 5.72. The van der Waals surface area contributed by atoms with Gasteiger partial charge in [0, 0.05) is 0 Å². The summed E-state index contributed by atoms with van der Waals surface area (Å²) < 4.78 is 6.15. The van der Waals surface area contributed by atoms with Crippen molar-refractivity contribution in [2.45, 2.75) is 50.0 Å². The molecule has 2 radical (unpaired) electrons. The molecule has 0 aliphatic carbocycles. The third kappa shape index (κ3) is 6.26. The fourth-order valence-electron chi connectivity index (χ4n) is 0.992. The Balaban J connectivity index is 3.39. The molecule has 0 aliphatic heterocycles. The van der Waals surface area contributed by atoms with Crippen LogP contribution in [0.1, 0.15) is 40.0 Å². The Bertz CT molecular complexity index is 88.5. The maximum absolute atomic E-state index is 6.01. The number of nitrogens with two attached hydrogens (primary N) is 1. The molecule has 72 valence electrons. The molecule has 0 rings (SSSR count). The predicted molar refractivity (Wildman–Crippen MR) is 54.3 cm³/mol. The van der Waals surface area contributed by atoms with Crippen LogP contribution in [-0.2, 0) is 3.07 Å². The molecule has 0 spiro atoms. The molecular weight excluding hydrogens is 257 g/mol. The van der Waals surface area contributed by atoms with E-state index in [-0.39, 0.29) is 0 Å². The molecule has 0 amide bonds. The van der Waals surface area contributed by atoms with Gasteiger partial charge in [-0.15, -0.1) is 0 Å². The van der Waals surface area contributed by atoms with E-state index < -0.39 is 21.6 Å². The molecule has 0 aliphatic rings. The number of unbranched alkanes of at least 4 members (excludes halogenated alkanes) is 1. The molecule has 0 aromatic rings. The normalized spacial score (nSPS) is 16.0. The minimum atomic E-state index is -0.627. The summed E-state index contributed by atoms with van der Waals surface area (Å²) in [6.45, 7) is 7.38. The van der Waals surface area contributed by atoms with Crippen LogP contribution >= 0.6 is 0 Å². The molecule has 0 aromatic carbocycles. The molecule has 0 bridgehead atoms. The summed E-state index contributed by atoms with van der Waals surface area (Å²) in [6.07, 6.45) is 3.68. The van der Waals surface area contributed by atoms with Crippen molar-refractivity contribution < 1.29 is 3.07 Å². The van der Waals surface area contributed by atoms with E-state index in [0.717, 1.165) is 6.61 Å². The summed E-state index contributed by atoms with van der Waals surface area (Å²) in [4.78, 5) is 0. The fourth-order valence-corrected chi connectivity index (χ4v) is 3.19. The van der Waals surface area contributed by atoms with Crippen molar-refractivity contribution in [1.82, 2.24) is 0 Å². The molecule has 2 atom stereocenters. The fraction of sp³-hybridized carbons (Fsp3) is 1.00. The van der Waals surface area contributed by atoms with Crippen molar-refractivity contribution in [3.05, 3.63) is 0 Å². The average molecular weight is 278 g/mol. The number of hydrogen-bond donors (Lipinski definition) is 1. The Morgan fingerprint density at radius 1 is 1.42 bits per heavy atom. The Morgan fingerprint density at radius 2 is 2.08 bits per heavy atom. The van der Waals surface area contributed by atoms with E-state index in [1.165, 1.54) is 19.3 Å². The number of rotatable bonds is 7. The van der Waals surface area contributed by atoms with E-state index in [1.807, 2.05) is 0 Å². The van der Waals surface area contributed by atoms with E-state index in [4.69, 9.17) is 8.81 Å². The van der Waals surface area contributed by atoms with Crippen LogP contribution in [0.15, 0.2) is 0 Å². The van der Waals surface area contributed by atoms with E-state index >= 15 is 0 Å². The van der Waals surface area contributed by atoms with Gasteiger partial charge < -0.3 is 0 Å². The monoisotopic (exact) mass is 279 g/mol. The van der Waals surface area contributed by atoms with Crippen LogP contribution < -0.4 is 5.73 Å². The van der Waals surface area contributed by atoms with Crippen LogP contribution in [0, 0.1) is 0 Å². The topological polar surface area (TPSA) is 35.2 Å². The molecule has 0 aromatic heterocycles. The van der Waals surface area contributed by atoms with Gasteiger partial charge in [-0.1, -0.05) is 0 Å². The van der Waals surface area contributed by atoms with E-state index in [2.05, 4.69) is 20.8 Å². The first-order valence-electron chi connectivity index (χ1n) is 4.85. The standard InChI is InChI=1S/C7H16N.C2H5O.Sn/c1-3-5-6-7(8)4-2;1-2-3;/h4,7H,3,5-6,8H2,1-2H3;2H2,1H3;/q;-1;+1. The zero-order valence-corrected chi connectivity index (χ0v) is 11.3. The molecule has 0 fully saturated rings. The van der Waals surface area contributed by atoms with Crippen LogP contribution in [0.25, 0.3) is 0 Å². The van der Waals surface area contributed by atoms with Crippen LogP contribution in [0.3, 0.4) is 0 Å². The van der Waals surface area contributed by atoms with Crippen molar-refractivity contribution >= 4 is 21.6 Å². The quantitative estimate of drug-likeness (QED) is 0.722. The van der Waals surface area contributed by atoms with Gasteiger partial charge in [0.2, 0.25) is 0 Å². The molecule has 2 unspecified atom stereocenters. The van der Waals surface area contributed by atoms with Gasteiger partial charge in [0.05, 0.1) is 0 Å². The SMILES string of the molecule is CCCCC(N)[CH](C)[Sn][O]CC. The van der Waals surface area contributed by atoms with E-state index in [1.54, 1.807) is 0 Å². The van der Waals surface area contributed by atoms with Crippen molar-refractivity contribution in [1.29, 1.82) is 0 Å². The minimum absolute atomic E-state index is 0.392. The van der Waals surface area contributed by atoms with Crippen LogP contribution in [0.2, 0.25) is 3.93 Å². The van der Waals surface area contributed by atoms with Crippen molar-refractivity contribution in [2.24, 2.45) is 5.73 Å². The van der Waals surface area contributed by atoms with Gasteiger partial charge in [0.25, 0.3) is 0 Å². The molecule has 3 heteroatoms. The molecule has 0 heterocycles. The summed E-state index contributed by atoms with van der Waals surface area (Å²) in [7, 11) is 0. The molecule has 12 heavy (non-hydrogen) atoms. The molecule has 0 saturated heterocycles. The zero-order chi connectivity index (χ0) is 9.40. The third-order valence-electron chi connectivity index (χ3n) is 1.95. The second-order valence-electron chi connectivity index (χ2n) is 3.15. The molecule has 2 nitrogen and oxygen atoms in total. The van der Waals surface area contributed by atoms with Gasteiger partial charge in [0.1, 0.15) is 0 Å². The Hall–Kier alpha value is 0.719. The summed E-state index contributed by atoms with van der Waals surface area (Å²) in [5.41, 5.74) is 6.01. The average Bonchev–Trinajstić information content (AvgIpc) is 2.10. The predicted octanol–water partition coefficient (Wildman–Crippen LogP) is 1.97. The molecule has 0 saturated carbocycles. The van der Waals surface area contributed by atoms with Crippen LogP contribution in [-0.4, -0.2) is 34.2 Å². The third-order valence-corrected chi connectivity index (χ3v) is 5.53. The zero-order valence-electron chi connectivity index (χ0n) is 8.47. The van der Waals surface area contributed by atoms with E-state index in [9.17, 15) is 0 Å². The Labute approximate surface area is 87.0 Å². The Morgan fingerprint density at radius 3 is 2.58 bits per heavy atom. The second-order valence-corrected chi connectivity index (χ2v) is 7.24. The van der Waals surface area contributed by atoms with Crippen molar-refractivity contribution in [3.63, 3.8) is 0 Å². The van der Waals surface area contributed by atoms with Gasteiger partial charge in [-0.05, 0) is 0 Å². The molecule has 2 N–H and O–H groups in total. The van der Waals surface area contributed by atoms with Gasteiger partial charge in [-0.2, -0.15) is 0 Å². The second kappa shape index (κ2) is 8.32. The van der Waals surface area contributed by atoms with Crippen molar-refractivity contribution in [3.8, 4) is 0 Å². The van der Waals surface area contributed by atoms with Crippen molar-refractivity contribution in [2.75, 3.05) is 6.61 Å². The first kappa shape index (κ1) is 12.7. The van der Waals surface area contributed by atoms with Crippen LogP contribution in [0.5, 0.6) is 0 Å². The van der Waals surface area contributed by atoms with Gasteiger partial charge >= 0.3 is 87.0 Å². The first-order valence-corrected chi connectivity index (χ1v) is 7.66. The Kier molecular flexibility index (Phi) is 8.82. The summed E-state index contributed by atoms with van der Waals surface area (Å²) in [5.74, 6) is 0. The van der Waals surface area contributed by atoms with Gasteiger partial charge in [0.15, 0.2) is 0 Å². The van der Waals surface area contributed by atoms with E-state index in [0.29, 0.717) is 9.98 Å².